The summed E-state index contributed by atoms with van der Waals surface area (Å²) >= 11 is 0. The van der Waals surface area contributed by atoms with Gasteiger partial charge in [0.05, 0.1) is 24.4 Å². The Morgan fingerprint density at radius 2 is 1.90 bits per heavy atom. The molecule has 1 aromatic rings. The minimum atomic E-state index is -0.600. The molecule has 1 unspecified atom stereocenters. The molecule has 5 nitrogen and oxygen atoms in total. The molecule has 1 aliphatic carbocycles. The van der Waals surface area contributed by atoms with E-state index < -0.39 is 18.3 Å². The first-order valence-corrected chi connectivity index (χ1v) is 11.5. The predicted molar refractivity (Wildman–Crippen MR) is 122 cm³/mol. The number of aliphatic hydroxyl groups excluding tert-OH is 3. The van der Waals surface area contributed by atoms with Gasteiger partial charge in [-0.3, -0.25) is 4.79 Å². The summed E-state index contributed by atoms with van der Waals surface area (Å²) in [6.07, 6.45) is 10.2. The van der Waals surface area contributed by atoms with E-state index in [-0.39, 0.29) is 23.9 Å². The molecule has 0 aromatic heterocycles. The van der Waals surface area contributed by atoms with Crippen LogP contribution < -0.4 is 0 Å². The summed E-state index contributed by atoms with van der Waals surface area (Å²) in [7, 11) is 0. The first kappa shape index (κ1) is 25.3. The van der Waals surface area contributed by atoms with E-state index in [9.17, 15) is 20.1 Å². The fourth-order valence-corrected chi connectivity index (χ4v) is 4.08. The van der Waals surface area contributed by atoms with Crippen molar-refractivity contribution < 1.29 is 24.9 Å². The topological polar surface area (TPSA) is 87.0 Å². The summed E-state index contributed by atoms with van der Waals surface area (Å²) in [6.45, 7) is 3.68. The van der Waals surface area contributed by atoms with E-state index in [1.165, 1.54) is 5.56 Å². The molecule has 0 bridgehead atoms. The van der Waals surface area contributed by atoms with Crippen molar-refractivity contribution in [2.75, 3.05) is 0 Å². The molecule has 0 radical (unpaired) electrons. The van der Waals surface area contributed by atoms with Crippen LogP contribution in [0.5, 0.6) is 0 Å². The number of allylic oxidation sites excluding steroid dienone is 2. The Hall–Kier alpha value is -1.95. The van der Waals surface area contributed by atoms with Crippen molar-refractivity contribution in [3.05, 3.63) is 60.2 Å². The Balaban J connectivity index is 1.77. The third-order valence-electron chi connectivity index (χ3n) is 5.74. The SMILES string of the molecule is CC(C)OC(=O)CCC/C=C/C[C@@H]1C(/C=C/[C@H](O)CCc2ccccc2)[C@H](O)C[C@@H]1O. The zero-order chi connectivity index (χ0) is 22.6. The fraction of sp³-hybridized carbons (Fsp3) is 0.577. The lowest BCUT2D eigenvalue weighted by molar-refractivity contribution is -0.147. The second-order valence-corrected chi connectivity index (χ2v) is 8.73. The Morgan fingerprint density at radius 1 is 1.16 bits per heavy atom. The molecule has 5 heteroatoms. The van der Waals surface area contributed by atoms with Gasteiger partial charge in [-0.15, -0.1) is 0 Å². The number of aliphatic hydroxyl groups is 3. The number of carbonyl (C=O) groups is 1. The lowest BCUT2D eigenvalue weighted by atomic mass is 9.89. The predicted octanol–water partition coefficient (Wildman–Crippen LogP) is 3.96. The van der Waals surface area contributed by atoms with Crippen LogP contribution in [0.4, 0.5) is 0 Å². The van der Waals surface area contributed by atoms with Crippen LogP contribution in [0.1, 0.15) is 57.9 Å². The summed E-state index contributed by atoms with van der Waals surface area (Å²) in [4.78, 5) is 11.5. The molecule has 2 rings (SSSR count). The third kappa shape index (κ3) is 9.38. The highest BCUT2D eigenvalue weighted by molar-refractivity contribution is 5.69. The quantitative estimate of drug-likeness (QED) is 0.265. The summed E-state index contributed by atoms with van der Waals surface area (Å²) in [5.74, 6) is -0.421. The van der Waals surface area contributed by atoms with Crippen LogP contribution in [0.2, 0.25) is 0 Å². The molecular formula is C26H38O5. The largest absolute Gasteiger partial charge is 0.463 e. The van der Waals surface area contributed by atoms with Gasteiger partial charge in [-0.1, -0.05) is 54.6 Å². The standard InChI is InChI=1S/C26H38O5/c1-19(2)31-26(30)13-9-4-3-8-12-22-23(25(29)18-24(22)28)17-16-21(27)15-14-20-10-6-5-7-11-20/h3,5-8,10-11,16-17,19,21-25,27-29H,4,9,12-15,18H2,1-2H3/b8-3+,17-16+/t21-,22-,23?,24+,25-/m1/s1. The Bertz CT molecular complexity index is 697. The number of aryl methyl sites for hydroxylation is 1. The Labute approximate surface area is 186 Å². The highest BCUT2D eigenvalue weighted by atomic mass is 16.5. The van der Waals surface area contributed by atoms with Crippen LogP contribution in [0.3, 0.4) is 0 Å². The lowest BCUT2D eigenvalue weighted by Crippen LogP contribution is -2.20. The molecule has 1 aliphatic rings. The number of hydrogen-bond acceptors (Lipinski definition) is 5. The summed E-state index contributed by atoms with van der Waals surface area (Å²) < 4.78 is 5.11. The number of benzene rings is 1. The number of unbranched alkanes of at least 4 members (excludes halogenated alkanes) is 1. The van der Waals surface area contributed by atoms with Crippen molar-refractivity contribution in [3.8, 4) is 0 Å². The molecule has 1 aromatic carbocycles. The molecule has 3 N–H and O–H groups in total. The first-order chi connectivity index (χ1) is 14.9. The Morgan fingerprint density at radius 3 is 2.61 bits per heavy atom. The van der Waals surface area contributed by atoms with Crippen LogP contribution in [0, 0.1) is 11.8 Å². The lowest BCUT2D eigenvalue weighted by Gasteiger charge is -2.19. The number of ether oxygens (including phenoxy) is 1. The molecule has 0 heterocycles. The number of esters is 1. The molecule has 0 saturated heterocycles. The number of hydrogen-bond donors (Lipinski definition) is 3. The van der Waals surface area contributed by atoms with Crippen LogP contribution >= 0.6 is 0 Å². The van der Waals surface area contributed by atoms with Gasteiger partial charge in [-0.05, 0) is 57.4 Å². The van der Waals surface area contributed by atoms with Crippen LogP contribution in [-0.2, 0) is 16.0 Å². The van der Waals surface area contributed by atoms with Gasteiger partial charge in [0.15, 0.2) is 0 Å². The van der Waals surface area contributed by atoms with Crippen LogP contribution in [0.15, 0.2) is 54.6 Å². The molecule has 0 spiro atoms. The monoisotopic (exact) mass is 430 g/mol. The maximum absolute atomic E-state index is 11.5. The second kappa shape index (κ2) is 13.5. The molecule has 5 atom stereocenters. The van der Waals surface area contributed by atoms with Gasteiger partial charge >= 0.3 is 5.97 Å². The van der Waals surface area contributed by atoms with E-state index in [0.29, 0.717) is 25.7 Å². The molecule has 1 fully saturated rings. The normalized spacial score (nSPS) is 25.0. The van der Waals surface area contributed by atoms with Crippen molar-refractivity contribution in [3.63, 3.8) is 0 Å². The summed E-state index contributed by atoms with van der Waals surface area (Å²) in [6, 6.07) is 10.0. The minimum Gasteiger partial charge on any atom is -0.463 e. The maximum Gasteiger partial charge on any atom is 0.306 e. The average Bonchev–Trinajstić information content (AvgIpc) is 3.00. The molecule has 172 valence electrons. The number of carbonyl (C=O) groups excluding carboxylic acids is 1. The van der Waals surface area contributed by atoms with E-state index in [0.717, 1.165) is 19.3 Å². The second-order valence-electron chi connectivity index (χ2n) is 8.73. The molecule has 1 saturated carbocycles. The van der Waals surface area contributed by atoms with Gasteiger partial charge in [0, 0.05) is 18.8 Å². The Kier molecular flexibility index (Phi) is 11.0. The highest BCUT2D eigenvalue weighted by Crippen LogP contribution is 2.36. The van der Waals surface area contributed by atoms with Gasteiger partial charge in [-0.25, -0.2) is 0 Å². The van der Waals surface area contributed by atoms with Gasteiger partial charge in [-0.2, -0.15) is 0 Å². The van der Waals surface area contributed by atoms with E-state index in [2.05, 4.69) is 0 Å². The first-order valence-electron chi connectivity index (χ1n) is 11.5. The van der Waals surface area contributed by atoms with Gasteiger partial charge in [0.25, 0.3) is 0 Å². The molecular weight excluding hydrogens is 392 g/mol. The molecule has 31 heavy (non-hydrogen) atoms. The van der Waals surface area contributed by atoms with E-state index >= 15 is 0 Å². The average molecular weight is 431 g/mol. The van der Waals surface area contributed by atoms with Crippen molar-refractivity contribution in [2.24, 2.45) is 11.8 Å². The fourth-order valence-electron chi connectivity index (χ4n) is 4.08. The van der Waals surface area contributed by atoms with Crippen molar-refractivity contribution in [1.82, 2.24) is 0 Å². The molecule has 0 amide bonds. The van der Waals surface area contributed by atoms with Gasteiger partial charge in [0.1, 0.15) is 0 Å². The third-order valence-corrected chi connectivity index (χ3v) is 5.74. The smallest absolute Gasteiger partial charge is 0.306 e. The van der Waals surface area contributed by atoms with Gasteiger partial charge < -0.3 is 20.1 Å². The van der Waals surface area contributed by atoms with Gasteiger partial charge in [0.2, 0.25) is 0 Å². The van der Waals surface area contributed by atoms with E-state index in [1.54, 1.807) is 6.08 Å². The van der Waals surface area contributed by atoms with E-state index in [4.69, 9.17) is 4.74 Å². The highest BCUT2D eigenvalue weighted by Gasteiger charge is 2.39. The van der Waals surface area contributed by atoms with Crippen molar-refractivity contribution in [1.29, 1.82) is 0 Å². The van der Waals surface area contributed by atoms with Crippen molar-refractivity contribution >= 4 is 5.97 Å². The van der Waals surface area contributed by atoms with Crippen LogP contribution in [-0.4, -0.2) is 45.7 Å². The van der Waals surface area contributed by atoms with Crippen LogP contribution in [0.25, 0.3) is 0 Å². The maximum atomic E-state index is 11.5. The van der Waals surface area contributed by atoms with Crippen molar-refractivity contribution in [2.45, 2.75) is 83.2 Å². The molecule has 0 aliphatic heterocycles. The minimum absolute atomic E-state index is 0.0743. The summed E-state index contributed by atoms with van der Waals surface area (Å²) in [5.41, 5.74) is 1.19. The zero-order valence-electron chi connectivity index (χ0n) is 18.8. The summed E-state index contributed by atoms with van der Waals surface area (Å²) in [5, 5.41) is 31.0. The zero-order valence-corrected chi connectivity index (χ0v) is 18.8. The van der Waals surface area contributed by atoms with E-state index in [1.807, 2.05) is 62.4 Å². The number of rotatable bonds is 12.